The van der Waals surface area contributed by atoms with Crippen LogP contribution in [0, 0.1) is 11.8 Å². The summed E-state index contributed by atoms with van der Waals surface area (Å²) in [5, 5.41) is 3.42. The fraction of sp³-hybridized carbons (Fsp3) is 0.667. The van der Waals surface area contributed by atoms with Gasteiger partial charge in [0.05, 0.1) is 5.56 Å². The first-order valence-corrected chi connectivity index (χ1v) is 10.4. The Balaban J connectivity index is 1.26. The van der Waals surface area contributed by atoms with E-state index in [0.29, 0.717) is 29.9 Å². The third-order valence-corrected chi connectivity index (χ3v) is 6.27. The molecule has 0 unspecified atom stereocenters. The molecular formula is C21H30N4O2. The summed E-state index contributed by atoms with van der Waals surface area (Å²) in [5.41, 5.74) is 0.660. The Morgan fingerprint density at radius 3 is 2.59 bits per heavy atom. The third kappa shape index (κ3) is 4.42. The zero-order valence-electron chi connectivity index (χ0n) is 16.2. The van der Waals surface area contributed by atoms with E-state index in [9.17, 15) is 9.59 Å². The molecule has 0 spiro atoms. The van der Waals surface area contributed by atoms with Crippen LogP contribution in [0.2, 0.25) is 0 Å². The number of nitrogens with zero attached hydrogens (tertiary/aromatic N) is 3. The second kappa shape index (κ2) is 7.87. The molecule has 2 aliphatic heterocycles. The molecule has 4 rings (SSSR count). The van der Waals surface area contributed by atoms with Gasteiger partial charge in [-0.05, 0) is 63.0 Å². The third-order valence-electron chi connectivity index (χ3n) is 6.27. The number of piperidine rings is 1. The Bertz CT molecular complexity index is 678. The number of hydrogen-bond acceptors (Lipinski definition) is 4. The largest absolute Gasteiger partial charge is 0.367 e. The lowest BCUT2D eigenvalue weighted by Crippen LogP contribution is -2.41. The van der Waals surface area contributed by atoms with Crippen LogP contribution in [0.15, 0.2) is 18.3 Å². The average molecular weight is 370 g/mol. The van der Waals surface area contributed by atoms with Crippen molar-refractivity contribution in [1.29, 1.82) is 0 Å². The van der Waals surface area contributed by atoms with Gasteiger partial charge in [0.2, 0.25) is 5.91 Å². The van der Waals surface area contributed by atoms with E-state index in [1.165, 1.54) is 12.8 Å². The molecule has 1 aliphatic carbocycles. The fourth-order valence-electron chi connectivity index (χ4n) is 4.26. The Hall–Kier alpha value is -2.11. The molecule has 146 valence electrons. The van der Waals surface area contributed by atoms with Gasteiger partial charge in [-0.15, -0.1) is 0 Å². The summed E-state index contributed by atoms with van der Waals surface area (Å²) in [6.45, 7) is 5.50. The molecule has 0 aromatic carbocycles. The van der Waals surface area contributed by atoms with Gasteiger partial charge in [-0.1, -0.05) is 0 Å². The zero-order valence-corrected chi connectivity index (χ0v) is 16.2. The second-order valence-corrected chi connectivity index (χ2v) is 8.38. The van der Waals surface area contributed by atoms with Crippen LogP contribution < -0.4 is 5.32 Å². The first-order valence-electron chi connectivity index (χ1n) is 10.4. The number of pyridine rings is 1. The number of carbonyl (C=O) groups excluding carboxylic acids is 2. The highest BCUT2D eigenvalue weighted by Gasteiger charge is 2.29. The summed E-state index contributed by atoms with van der Waals surface area (Å²) >= 11 is 0. The summed E-state index contributed by atoms with van der Waals surface area (Å²) in [7, 11) is 0. The van der Waals surface area contributed by atoms with Gasteiger partial charge in [0, 0.05) is 44.8 Å². The normalized spacial score (nSPS) is 22.2. The molecule has 2 saturated heterocycles. The van der Waals surface area contributed by atoms with Gasteiger partial charge in [0.1, 0.15) is 5.82 Å². The van der Waals surface area contributed by atoms with E-state index in [0.717, 1.165) is 57.2 Å². The Morgan fingerprint density at radius 2 is 2.00 bits per heavy atom. The lowest BCUT2D eigenvalue weighted by Gasteiger charge is -2.34. The topological polar surface area (TPSA) is 65.5 Å². The van der Waals surface area contributed by atoms with Gasteiger partial charge in [0.25, 0.3) is 5.91 Å². The van der Waals surface area contributed by atoms with E-state index in [1.54, 1.807) is 6.20 Å². The van der Waals surface area contributed by atoms with E-state index < -0.39 is 0 Å². The molecule has 1 aromatic rings. The van der Waals surface area contributed by atoms with Crippen molar-refractivity contribution in [3.8, 4) is 0 Å². The van der Waals surface area contributed by atoms with Crippen molar-refractivity contribution in [2.75, 3.05) is 31.5 Å². The van der Waals surface area contributed by atoms with Crippen LogP contribution in [-0.4, -0.2) is 58.8 Å². The number of amides is 2. The van der Waals surface area contributed by atoms with E-state index in [-0.39, 0.29) is 5.91 Å². The molecule has 6 heteroatoms. The maximum atomic E-state index is 12.8. The molecule has 3 fully saturated rings. The second-order valence-electron chi connectivity index (χ2n) is 8.38. The number of aromatic nitrogens is 1. The average Bonchev–Trinajstić information content (AvgIpc) is 3.47. The molecule has 3 heterocycles. The van der Waals surface area contributed by atoms with Crippen molar-refractivity contribution in [3.05, 3.63) is 23.9 Å². The number of carbonyl (C=O) groups is 2. The van der Waals surface area contributed by atoms with Crippen LogP contribution >= 0.6 is 0 Å². The molecule has 6 nitrogen and oxygen atoms in total. The summed E-state index contributed by atoms with van der Waals surface area (Å²) < 4.78 is 0. The van der Waals surface area contributed by atoms with Crippen molar-refractivity contribution in [1.82, 2.24) is 14.8 Å². The van der Waals surface area contributed by atoms with Crippen LogP contribution in [-0.2, 0) is 4.79 Å². The first kappa shape index (κ1) is 18.3. The lowest BCUT2D eigenvalue weighted by molar-refractivity contribution is -0.128. The number of likely N-dealkylation sites (tertiary alicyclic amines) is 2. The standard InChI is InChI=1S/C21H30N4O2/c1-15(17-4-5-17)23-19-7-6-18(13-22-19)21(27)24-11-8-16(9-12-24)14-25-10-2-3-20(25)26/h6-7,13,15-17H,2-5,8-12,14H2,1H3,(H,22,23)/t15-/m1/s1. The minimum Gasteiger partial charge on any atom is -0.367 e. The first-order chi connectivity index (χ1) is 13.1. The van der Waals surface area contributed by atoms with Crippen LogP contribution in [0.4, 0.5) is 5.82 Å². The quantitative estimate of drug-likeness (QED) is 0.836. The predicted octanol–water partition coefficient (Wildman–Crippen LogP) is 2.77. The maximum absolute atomic E-state index is 12.8. The van der Waals surface area contributed by atoms with Gasteiger partial charge < -0.3 is 15.1 Å². The van der Waals surface area contributed by atoms with Crippen molar-refractivity contribution in [2.24, 2.45) is 11.8 Å². The SMILES string of the molecule is C[C@@H](Nc1ccc(C(=O)N2CCC(CN3CCCC3=O)CC2)cn1)C1CC1. The van der Waals surface area contributed by atoms with Gasteiger partial charge >= 0.3 is 0 Å². The van der Waals surface area contributed by atoms with Gasteiger partial charge in [-0.3, -0.25) is 9.59 Å². The lowest BCUT2D eigenvalue weighted by atomic mass is 9.96. The molecule has 1 N–H and O–H groups in total. The summed E-state index contributed by atoms with van der Waals surface area (Å²) in [4.78, 5) is 32.9. The molecule has 2 amide bonds. The van der Waals surface area contributed by atoms with E-state index in [2.05, 4.69) is 17.2 Å². The number of hydrogen-bond donors (Lipinski definition) is 1. The fourth-order valence-corrected chi connectivity index (χ4v) is 4.26. The Morgan fingerprint density at radius 1 is 1.22 bits per heavy atom. The Kier molecular flexibility index (Phi) is 5.32. The van der Waals surface area contributed by atoms with Gasteiger partial charge in [-0.25, -0.2) is 4.98 Å². The van der Waals surface area contributed by atoms with Crippen molar-refractivity contribution in [2.45, 2.75) is 51.5 Å². The van der Waals surface area contributed by atoms with Crippen LogP contribution in [0.1, 0.15) is 55.8 Å². The molecule has 0 bridgehead atoms. The van der Waals surface area contributed by atoms with E-state index >= 15 is 0 Å². The molecule has 0 radical (unpaired) electrons. The predicted molar refractivity (Wildman–Crippen MR) is 104 cm³/mol. The molecule has 1 atom stereocenters. The Labute approximate surface area is 161 Å². The van der Waals surface area contributed by atoms with Crippen molar-refractivity contribution >= 4 is 17.6 Å². The molecule has 1 aromatic heterocycles. The van der Waals surface area contributed by atoms with Crippen LogP contribution in [0.25, 0.3) is 0 Å². The smallest absolute Gasteiger partial charge is 0.255 e. The minimum absolute atomic E-state index is 0.0694. The number of rotatable bonds is 6. The monoisotopic (exact) mass is 370 g/mol. The van der Waals surface area contributed by atoms with Crippen LogP contribution in [0.5, 0.6) is 0 Å². The molecular weight excluding hydrogens is 340 g/mol. The number of anilines is 1. The summed E-state index contributed by atoms with van der Waals surface area (Å²) in [6, 6.07) is 4.24. The molecule has 3 aliphatic rings. The van der Waals surface area contributed by atoms with Crippen LogP contribution in [0.3, 0.4) is 0 Å². The molecule has 1 saturated carbocycles. The minimum atomic E-state index is 0.0694. The summed E-state index contributed by atoms with van der Waals surface area (Å²) in [5.74, 6) is 2.50. The highest BCUT2D eigenvalue weighted by Crippen LogP contribution is 2.33. The van der Waals surface area contributed by atoms with Crippen molar-refractivity contribution in [3.63, 3.8) is 0 Å². The van der Waals surface area contributed by atoms with Gasteiger partial charge in [0.15, 0.2) is 0 Å². The van der Waals surface area contributed by atoms with E-state index in [4.69, 9.17) is 0 Å². The highest BCUT2D eigenvalue weighted by molar-refractivity contribution is 5.94. The van der Waals surface area contributed by atoms with Crippen molar-refractivity contribution < 1.29 is 9.59 Å². The highest BCUT2D eigenvalue weighted by atomic mass is 16.2. The maximum Gasteiger partial charge on any atom is 0.255 e. The zero-order chi connectivity index (χ0) is 18.8. The van der Waals surface area contributed by atoms with E-state index in [1.807, 2.05) is 21.9 Å². The molecule has 27 heavy (non-hydrogen) atoms. The summed E-state index contributed by atoms with van der Waals surface area (Å²) in [6.07, 6.45) is 7.93. The van der Waals surface area contributed by atoms with Gasteiger partial charge in [-0.2, -0.15) is 0 Å². The number of nitrogens with one attached hydrogen (secondary N) is 1.